The fourth-order valence-corrected chi connectivity index (χ4v) is 3.29. The van der Waals surface area contributed by atoms with Gasteiger partial charge in [0.05, 0.1) is 0 Å². The van der Waals surface area contributed by atoms with E-state index in [0.29, 0.717) is 0 Å². The number of pyridine rings is 2. The van der Waals surface area contributed by atoms with Crippen molar-refractivity contribution in [2.75, 3.05) is 0 Å². The Morgan fingerprint density at radius 1 is 0.609 bits per heavy atom. The van der Waals surface area contributed by atoms with Crippen molar-refractivity contribution in [3.63, 3.8) is 0 Å². The zero-order chi connectivity index (χ0) is 15.5. The van der Waals surface area contributed by atoms with Crippen LogP contribution >= 0.6 is 0 Å². The monoisotopic (exact) mass is 336 g/mol. The van der Waals surface area contributed by atoms with E-state index < -0.39 is 19.9 Å². The first-order valence-electron chi connectivity index (χ1n) is 7.18. The van der Waals surface area contributed by atoms with Crippen LogP contribution in [0.1, 0.15) is 0 Å². The van der Waals surface area contributed by atoms with Crippen molar-refractivity contribution in [2.45, 2.75) is 0 Å². The maximum absolute atomic E-state index is 5.88. The van der Waals surface area contributed by atoms with Crippen LogP contribution in [0.25, 0.3) is 21.8 Å². The zero-order valence-corrected chi connectivity index (χ0v) is 13.7. The number of nitrogens with zero attached hydrogens (tertiary/aromatic N) is 2. The number of fused-ring (bicyclic) bond motifs is 2. The number of aromatic nitrogens is 2. The Labute approximate surface area is 143 Å². The second-order valence-corrected chi connectivity index (χ2v) is 5.85. The molecule has 4 aromatic rings. The molecule has 2 aromatic carbocycles. The number of para-hydroxylation sites is 2. The van der Waals surface area contributed by atoms with Gasteiger partial charge in [0.1, 0.15) is 0 Å². The van der Waals surface area contributed by atoms with Gasteiger partial charge in [0.2, 0.25) is 0 Å². The van der Waals surface area contributed by atoms with E-state index in [-0.39, 0.29) is 0 Å². The first kappa shape index (κ1) is 14.2. The summed E-state index contributed by atoms with van der Waals surface area (Å²) in [4.78, 5) is 8.77. The minimum atomic E-state index is -1.11. The third-order valence-electron chi connectivity index (χ3n) is 3.49. The van der Waals surface area contributed by atoms with E-state index in [0.717, 1.165) is 33.3 Å². The molecule has 110 valence electrons. The van der Waals surface area contributed by atoms with E-state index in [1.54, 1.807) is 12.4 Å². The van der Waals surface area contributed by atoms with E-state index in [9.17, 15) is 0 Å². The molecule has 0 saturated heterocycles. The molecule has 4 rings (SSSR count). The molecule has 0 aliphatic heterocycles. The summed E-state index contributed by atoms with van der Waals surface area (Å²) in [7, 11) is 0. The first-order chi connectivity index (χ1) is 11.4. The third-order valence-corrected chi connectivity index (χ3v) is 4.44. The summed E-state index contributed by atoms with van der Waals surface area (Å²) in [6.45, 7) is 0. The molecular formula is C18H12N2O2Ti. The number of hydrogen-bond acceptors (Lipinski definition) is 4. The van der Waals surface area contributed by atoms with Crippen LogP contribution in [0.3, 0.4) is 0 Å². The van der Waals surface area contributed by atoms with Crippen molar-refractivity contribution < 1.29 is 26.6 Å². The summed E-state index contributed by atoms with van der Waals surface area (Å²) in [5.74, 6) is 1.52. The molecule has 2 heterocycles. The van der Waals surface area contributed by atoms with Gasteiger partial charge in [0.25, 0.3) is 0 Å². The average Bonchev–Trinajstić information content (AvgIpc) is 2.62. The topological polar surface area (TPSA) is 44.2 Å². The maximum atomic E-state index is 5.88. The second-order valence-electron chi connectivity index (χ2n) is 4.95. The van der Waals surface area contributed by atoms with Crippen molar-refractivity contribution in [1.29, 1.82) is 0 Å². The molecule has 0 amide bonds. The van der Waals surface area contributed by atoms with Crippen molar-refractivity contribution in [1.82, 2.24) is 9.97 Å². The van der Waals surface area contributed by atoms with E-state index >= 15 is 0 Å². The van der Waals surface area contributed by atoms with Gasteiger partial charge in [-0.05, 0) is 0 Å². The van der Waals surface area contributed by atoms with E-state index in [2.05, 4.69) is 9.97 Å². The first-order valence-corrected chi connectivity index (χ1v) is 8.45. The molecule has 0 bridgehead atoms. The van der Waals surface area contributed by atoms with E-state index in [4.69, 9.17) is 6.64 Å². The normalized spacial score (nSPS) is 10.6. The van der Waals surface area contributed by atoms with Crippen LogP contribution in [0.15, 0.2) is 73.1 Å². The van der Waals surface area contributed by atoms with Crippen LogP contribution in [-0.2, 0) is 19.9 Å². The summed E-state index contributed by atoms with van der Waals surface area (Å²) in [6, 6.07) is 19.7. The molecule has 0 aliphatic rings. The minimum absolute atomic E-state index is 0.760. The number of benzene rings is 2. The van der Waals surface area contributed by atoms with Gasteiger partial charge in [-0.2, -0.15) is 0 Å². The van der Waals surface area contributed by atoms with Gasteiger partial charge in [-0.15, -0.1) is 0 Å². The fourth-order valence-electron chi connectivity index (χ4n) is 2.43. The molecule has 5 heteroatoms. The zero-order valence-electron chi connectivity index (χ0n) is 12.1. The predicted molar refractivity (Wildman–Crippen MR) is 84.7 cm³/mol. The summed E-state index contributed by atoms with van der Waals surface area (Å²) in [6.07, 6.45) is 3.54. The van der Waals surface area contributed by atoms with Gasteiger partial charge < -0.3 is 0 Å². The van der Waals surface area contributed by atoms with Crippen LogP contribution in [0.5, 0.6) is 11.5 Å². The molecule has 0 unspecified atom stereocenters. The Morgan fingerprint density at radius 3 is 1.61 bits per heavy atom. The third kappa shape index (κ3) is 2.91. The quantitative estimate of drug-likeness (QED) is 0.525. The van der Waals surface area contributed by atoms with Gasteiger partial charge in [0, 0.05) is 0 Å². The van der Waals surface area contributed by atoms with Gasteiger partial charge in [-0.1, -0.05) is 0 Å². The van der Waals surface area contributed by atoms with E-state index in [1.165, 1.54) is 0 Å². The summed E-state index contributed by atoms with van der Waals surface area (Å²) in [5.41, 5.74) is 1.72. The van der Waals surface area contributed by atoms with Crippen molar-refractivity contribution >= 4 is 21.8 Å². The molecule has 23 heavy (non-hydrogen) atoms. The fraction of sp³-hybridized carbons (Fsp3) is 0. The predicted octanol–water partition coefficient (Wildman–Crippen LogP) is 4.15. The van der Waals surface area contributed by atoms with E-state index in [1.807, 2.05) is 60.7 Å². The number of rotatable bonds is 4. The molecular weight excluding hydrogens is 324 g/mol. The van der Waals surface area contributed by atoms with Crippen LogP contribution < -0.4 is 6.64 Å². The molecule has 0 fully saturated rings. The molecule has 0 radical (unpaired) electrons. The Morgan fingerprint density at radius 2 is 1.09 bits per heavy atom. The average molecular weight is 336 g/mol. The molecule has 0 N–H and O–H groups in total. The van der Waals surface area contributed by atoms with Gasteiger partial charge in [0.15, 0.2) is 0 Å². The molecule has 0 atom stereocenters. The Hall–Kier alpha value is -2.43. The Balaban J connectivity index is 1.55. The van der Waals surface area contributed by atoms with Gasteiger partial charge >= 0.3 is 143 Å². The van der Waals surface area contributed by atoms with Crippen LogP contribution in [0, 0.1) is 0 Å². The summed E-state index contributed by atoms with van der Waals surface area (Å²) < 4.78 is 11.8. The molecule has 0 saturated carbocycles. The van der Waals surface area contributed by atoms with Crippen molar-refractivity contribution in [2.24, 2.45) is 0 Å². The molecule has 0 aliphatic carbocycles. The van der Waals surface area contributed by atoms with Gasteiger partial charge in [-0.25, -0.2) is 0 Å². The summed E-state index contributed by atoms with van der Waals surface area (Å²) in [5, 5.41) is 2.12. The second kappa shape index (κ2) is 6.36. The van der Waals surface area contributed by atoms with Crippen LogP contribution in [0.4, 0.5) is 0 Å². The number of hydrogen-bond donors (Lipinski definition) is 0. The Bertz CT molecular complexity index is 885. The molecule has 0 spiro atoms. The van der Waals surface area contributed by atoms with Crippen molar-refractivity contribution in [3.8, 4) is 11.5 Å². The summed E-state index contributed by atoms with van der Waals surface area (Å²) >= 11 is -1.11. The molecule has 2 aromatic heterocycles. The van der Waals surface area contributed by atoms with Crippen LogP contribution in [-0.4, -0.2) is 9.97 Å². The standard InChI is InChI=1S/2C9H7NO.Ti/c2*11-8-5-1-3-7-4-2-6-10-9(7)8;/h2*1-6,11H;/q;;+2/p-2. The SMILES string of the molecule is c1cnc2c([O][Ti][O]c3cccc4cccnc34)cccc2c1. The Kier molecular flexibility index (Phi) is 3.93. The molecule has 4 nitrogen and oxygen atoms in total. The van der Waals surface area contributed by atoms with Gasteiger partial charge in [-0.3, -0.25) is 0 Å². The van der Waals surface area contributed by atoms with Crippen LogP contribution in [0.2, 0.25) is 0 Å². The van der Waals surface area contributed by atoms with Crippen molar-refractivity contribution in [3.05, 3.63) is 73.1 Å².